The minimum atomic E-state index is -0.643. The number of halogens is 1. The van der Waals surface area contributed by atoms with Crippen LogP contribution in [-0.4, -0.2) is 138 Å². The first-order chi connectivity index (χ1) is 25.6. The van der Waals surface area contributed by atoms with E-state index in [1.165, 1.54) is 37.5 Å². The molecule has 1 unspecified atom stereocenters. The summed E-state index contributed by atoms with van der Waals surface area (Å²) < 4.78 is 14.9. The van der Waals surface area contributed by atoms with Gasteiger partial charge >= 0.3 is 0 Å². The van der Waals surface area contributed by atoms with Gasteiger partial charge in [0, 0.05) is 95.3 Å². The lowest BCUT2D eigenvalue weighted by Gasteiger charge is -2.40. The maximum atomic E-state index is 14.9. The van der Waals surface area contributed by atoms with Gasteiger partial charge in [-0.05, 0) is 61.3 Å². The lowest BCUT2D eigenvalue weighted by atomic mass is 9.83. The molecule has 0 aromatic heterocycles. The zero-order valence-electron chi connectivity index (χ0n) is 30.8. The molecule has 0 spiro atoms. The summed E-state index contributed by atoms with van der Waals surface area (Å²) in [6.07, 6.45) is 7.89. The fourth-order valence-electron chi connectivity index (χ4n) is 8.46. The Balaban J connectivity index is 0.904. The van der Waals surface area contributed by atoms with E-state index in [4.69, 9.17) is 16.9 Å². The molecular weight excluding hydrogens is 675 g/mol. The highest BCUT2D eigenvalue weighted by Crippen LogP contribution is 2.28. The van der Waals surface area contributed by atoms with Gasteiger partial charge in [-0.15, -0.1) is 0 Å². The SMILES string of the molecule is N=C(Cc1ccc(F)c(C(=O)N2CCN(C(=O)CN3CCN(CC4CCN(C(=O)C(N)C5CCCCC5)CC4)CC3)CC2)c1)c1ccccc1C(N)=O. The number of hydrogen-bond acceptors (Lipinski definition) is 8. The third-order valence-electron chi connectivity index (χ3n) is 11.8. The Labute approximate surface area is 312 Å². The standard InChI is InChI=1S/C40H55FN8O4/c41-34-11-10-29(25-35(42)31-8-4-5-9-32(31)38(44)51)24-33(34)39(52)49-22-20-47(21-23-49)36(50)27-46-18-16-45(17-19-46)26-28-12-14-48(15-13-28)40(53)37(43)30-6-2-1-3-7-30/h4-5,8-11,24,28,30,37,42H,1-3,6-7,12-23,25-27,43H2,(H2,44,51). The summed E-state index contributed by atoms with van der Waals surface area (Å²) in [6, 6.07) is 10.5. The van der Waals surface area contributed by atoms with E-state index in [-0.39, 0.29) is 41.1 Å². The lowest BCUT2D eigenvalue weighted by Crippen LogP contribution is -2.55. The van der Waals surface area contributed by atoms with Crippen LogP contribution in [0.1, 0.15) is 76.8 Å². The molecule has 12 nitrogen and oxygen atoms in total. The van der Waals surface area contributed by atoms with Crippen LogP contribution in [-0.2, 0) is 16.0 Å². The Morgan fingerprint density at radius 1 is 0.736 bits per heavy atom. The van der Waals surface area contributed by atoms with Gasteiger partial charge < -0.3 is 36.5 Å². The predicted molar refractivity (Wildman–Crippen MR) is 201 cm³/mol. The molecule has 53 heavy (non-hydrogen) atoms. The Hall–Kier alpha value is -4.20. The molecule has 1 saturated carbocycles. The molecule has 3 heterocycles. The summed E-state index contributed by atoms with van der Waals surface area (Å²) in [6.45, 7) is 7.76. The third kappa shape index (κ3) is 9.68. The Morgan fingerprint density at radius 2 is 1.36 bits per heavy atom. The topological polar surface area (TPSA) is 160 Å². The van der Waals surface area contributed by atoms with Crippen LogP contribution in [0.15, 0.2) is 42.5 Å². The van der Waals surface area contributed by atoms with E-state index in [0.29, 0.717) is 55.7 Å². The number of piperidine rings is 1. The highest BCUT2D eigenvalue weighted by molar-refractivity contribution is 6.09. The molecule has 3 saturated heterocycles. The zero-order valence-corrected chi connectivity index (χ0v) is 30.8. The Bertz CT molecular complexity index is 1640. The second kappa shape index (κ2) is 17.7. The van der Waals surface area contributed by atoms with Gasteiger partial charge in [-0.2, -0.15) is 0 Å². The van der Waals surface area contributed by atoms with Crippen molar-refractivity contribution in [1.82, 2.24) is 24.5 Å². The number of piperazine rings is 2. The van der Waals surface area contributed by atoms with Crippen molar-refractivity contribution in [2.24, 2.45) is 23.3 Å². The number of rotatable bonds is 11. The zero-order chi connectivity index (χ0) is 37.5. The van der Waals surface area contributed by atoms with Crippen molar-refractivity contribution in [3.8, 4) is 0 Å². The van der Waals surface area contributed by atoms with Crippen LogP contribution in [0.25, 0.3) is 0 Å². The minimum Gasteiger partial charge on any atom is -0.366 e. The van der Waals surface area contributed by atoms with Crippen molar-refractivity contribution < 1.29 is 23.6 Å². The van der Waals surface area contributed by atoms with Gasteiger partial charge in [0.15, 0.2) is 0 Å². The van der Waals surface area contributed by atoms with Crippen LogP contribution < -0.4 is 11.5 Å². The summed E-state index contributed by atoms with van der Waals surface area (Å²) in [5, 5.41) is 8.55. The number of benzene rings is 2. The molecule has 1 atom stereocenters. The number of hydrogen-bond donors (Lipinski definition) is 3. The van der Waals surface area contributed by atoms with Crippen LogP contribution in [0.3, 0.4) is 0 Å². The number of carbonyl (C=O) groups excluding carboxylic acids is 4. The molecule has 6 rings (SSSR count). The van der Waals surface area contributed by atoms with E-state index in [1.54, 1.807) is 34.1 Å². The van der Waals surface area contributed by atoms with Crippen molar-refractivity contribution in [2.75, 3.05) is 78.5 Å². The monoisotopic (exact) mass is 730 g/mol. The molecule has 0 bridgehead atoms. The summed E-state index contributed by atoms with van der Waals surface area (Å²) in [5.74, 6) is -0.647. The Morgan fingerprint density at radius 3 is 2.02 bits per heavy atom. The maximum Gasteiger partial charge on any atom is 0.256 e. The van der Waals surface area contributed by atoms with Crippen molar-refractivity contribution in [3.05, 3.63) is 70.5 Å². The van der Waals surface area contributed by atoms with Gasteiger partial charge in [0.1, 0.15) is 5.82 Å². The predicted octanol–water partition coefficient (Wildman–Crippen LogP) is 2.58. The number of nitrogens with one attached hydrogen (secondary N) is 1. The largest absolute Gasteiger partial charge is 0.366 e. The van der Waals surface area contributed by atoms with E-state index < -0.39 is 17.6 Å². The molecule has 4 amide bonds. The second-order valence-electron chi connectivity index (χ2n) is 15.3. The molecule has 2 aromatic carbocycles. The molecule has 4 fully saturated rings. The van der Waals surface area contributed by atoms with Gasteiger partial charge in [-0.1, -0.05) is 43.5 Å². The van der Waals surface area contributed by atoms with Gasteiger partial charge in [-0.25, -0.2) is 4.39 Å². The first-order valence-corrected chi connectivity index (χ1v) is 19.4. The molecule has 13 heteroatoms. The average Bonchev–Trinajstić information content (AvgIpc) is 3.19. The number of carbonyl (C=O) groups is 4. The molecule has 1 aliphatic carbocycles. The number of nitrogens with two attached hydrogens (primary N) is 2. The number of nitrogens with zero attached hydrogens (tertiary/aromatic N) is 5. The van der Waals surface area contributed by atoms with E-state index in [2.05, 4.69) is 9.80 Å². The van der Waals surface area contributed by atoms with Gasteiger partial charge in [0.25, 0.3) is 5.91 Å². The van der Waals surface area contributed by atoms with E-state index in [0.717, 1.165) is 71.5 Å². The molecule has 0 radical (unpaired) electrons. The highest BCUT2D eigenvalue weighted by atomic mass is 19.1. The first-order valence-electron chi connectivity index (χ1n) is 19.4. The van der Waals surface area contributed by atoms with Crippen LogP contribution in [0.5, 0.6) is 0 Å². The van der Waals surface area contributed by atoms with Crippen LogP contribution in [0, 0.1) is 23.1 Å². The van der Waals surface area contributed by atoms with E-state index in [1.807, 2.05) is 4.90 Å². The summed E-state index contributed by atoms with van der Waals surface area (Å²) in [5.41, 5.74) is 13.2. The van der Waals surface area contributed by atoms with E-state index >= 15 is 0 Å². The highest BCUT2D eigenvalue weighted by Gasteiger charge is 2.33. The van der Waals surface area contributed by atoms with Crippen molar-refractivity contribution in [2.45, 2.75) is 57.4 Å². The molecule has 286 valence electrons. The fraction of sp³-hybridized carbons (Fsp3) is 0.575. The first kappa shape index (κ1) is 38.5. The maximum absolute atomic E-state index is 14.9. The van der Waals surface area contributed by atoms with Gasteiger partial charge in [0.2, 0.25) is 17.7 Å². The molecule has 3 aliphatic heterocycles. The number of amides is 4. The van der Waals surface area contributed by atoms with Crippen LogP contribution in [0.4, 0.5) is 4.39 Å². The quantitative estimate of drug-likeness (QED) is 0.300. The van der Waals surface area contributed by atoms with Crippen molar-refractivity contribution >= 4 is 29.3 Å². The minimum absolute atomic E-state index is 0.0388. The number of primary amides is 1. The summed E-state index contributed by atoms with van der Waals surface area (Å²) in [4.78, 5) is 61.6. The van der Waals surface area contributed by atoms with Crippen LogP contribution >= 0.6 is 0 Å². The van der Waals surface area contributed by atoms with Crippen molar-refractivity contribution in [1.29, 1.82) is 5.41 Å². The van der Waals surface area contributed by atoms with E-state index in [9.17, 15) is 23.6 Å². The second-order valence-corrected chi connectivity index (χ2v) is 15.3. The molecule has 4 aliphatic rings. The third-order valence-corrected chi connectivity index (χ3v) is 11.8. The fourth-order valence-corrected chi connectivity index (χ4v) is 8.46. The lowest BCUT2D eigenvalue weighted by molar-refractivity contribution is -0.136. The van der Waals surface area contributed by atoms with Gasteiger partial charge in [-0.3, -0.25) is 24.1 Å². The van der Waals surface area contributed by atoms with Gasteiger partial charge in [0.05, 0.1) is 18.2 Å². The van der Waals surface area contributed by atoms with Crippen LogP contribution in [0.2, 0.25) is 0 Å². The van der Waals surface area contributed by atoms with Crippen molar-refractivity contribution in [3.63, 3.8) is 0 Å². The summed E-state index contributed by atoms with van der Waals surface area (Å²) >= 11 is 0. The molecule has 5 N–H and O–H groups in total. The molecular formula is C40H55FN8O4. The smallest absolute Gasteiger partial charge is 0.256 e. The Kier molecular flexibility index (Phi) is 12.9. The number of likely N-dealkylation sites (tertiary alicyclic amines) is 1. The normalized spacial score (nSPS) is 20.3. The average molecular weight is 731 g/mol. The summed E-state index contributed by atoms with van der Waals surface area (Å²) in [7, 11) is 0. The molecule has 2 aromatic rings.